The molecule has 2 rings (SSSR count). The topological polar surface area (TPSA) is 47.6 Å². The molecular weight excluding hydrogens is 278 g/mol. The summed E-state index contributed by atoms with van der Waals surface area (Å²) in [5.41, 5.74) is 1.47. The Morgan fingerprint density at radius 1 is 1.09 bits per heavy atom. The minimum absolute atomic E-state index is 0.221. The summed E-state index contributed by atoms with van der Waals surface area (Å²) >= 11 is 0. The third kappa shape index (κ3) is 4.09. The van der Waals surface area contributed by atoms with Gasteiger partial charge in [0.1, 0.15) is 5.75 Å². The predicted molar refractivity (Wildman–Crippen MR) is 87.0 cm³/mol. The number of nitrogens with one attached hydrogen (secondary N) is 1. The van der Waals surface area contributed by atoms with E-state index >= 15 is 0 Å². The maximum Gasteiger partial charge on any atom is 0.258 e. The van der Waals surface area contributed by atoms with Crippen molar-refractivity contribution >= 4 is 11.6 Å². The average Bonchev–Trinajstić information content (AvgIpc) is 2.56. The molecule has 0 aliphatic rings. The first-order valence-electron chi connectivity index (χ1n) is 7.36. The van der Waals surface area contributed by atoms with E-state index < -0.39 is 6.10 Å². The first-order chi connectivity index (χ1) is 10.8. The molecular formula is C18H21NO3. The zero-order valence-corrected chi connectivity index (χ0v) is 12.9. The molecule has 0 bridgehead atoms. The van der Waals surface area contributed by atoms with Crippen LogP contribution in [0.25, 0.3) is 0 Å². The van der Waals surface area contributed by atoms with Crippen molar-refractivity contribution < 1.29 is 14.3 Å². The van der Waals surface area contributed by atoms with Gasteiger partial charge in [-0.3, -0.25) is 4.79 Å². The van der Waals surface area contributed by atoms with Crippen LogP contribution in [-0.2, 0) is 9.53 Å². The molecule has 1 atom stereocenters. The van der Waals surface area contributed by atoms with Gasteiger partial charge in [-0.1, -0.05) is 49.4 Å². The Morgan fingerprint density at radius 3 is 2.45 bits per heavy atom. The summed E-state index contributed by atoms with van der Waals surface area (Å²) in [5, 5.41) is 2.88. The minimum Gasteiger partial charge on any atom is -0.491 e. The van der Waals surface area contributed by atoms with Crippen molar-refractivity contribution in [2.24, 2.45) is 0 Å². The van der Waals surface area contributed by atoms with Gasteiger partial charge >= 0.3 is 0 Å². The van der Waals surface area contributed by atoms with Crippen molar-refractivity contribution in [1.82, 2.24) is 0 Å². The molecule has 0 aromatic heterocycles. The number of carbonyl (C=O) groups is 1. The number of methoxy groups -OCH3 is 1. The van der Waals surface area contributed by atoms with Crippen molar-refractivity contribution in [2.45, 2.75) is 19.4 Å². The van der Waals surface area contributed by atoms with E-state index in [-0.39, 0.29) is 5.91 Å². The maximum absolute atomic E-state index is 12.5. The Bertz CT molecular complexity index is 598. The van der Waals surface area contributed by atoms with E-state index in [2.05, 4.69) is 5.32 Å². The first-order valence-corrected chi connectivity index (χ1v) is 7.36. The van der Waals surface area contributed by atoms with Crippen LogP contribution in [0.5, 0.6) is 5.75 Å². The lowest BCUT2D eigenvalue weighted by molar-refractivity contribution is -0.126. The van der Waals surface area contributed by atoms with Gasteiger partial charge in [-0.15, -0.1) is 0 Å². The van der Waals surface area contributed by atoms with E-state index in [0.717, 1.165) is 12.0 Å². The molecule has 1 N–H and O–H groups in total. The van der Waals surface area contributed by atoms with Gasteiger partial charge in [0.2, 0.25) is 0 Å². The molecule has 1 amide bonds. The summed E-state index contributed by atoms with van der Waals surface area (Å²) in [6, 6.07) is 16.8. The predicted octanol–water partition coefficient (Wildman–Crippen LogP) is 3.80. The van der Waals surface area contributed by atoms with E-state index in [1.54, 1.807) is 0 Å². The summed E-state index contributed by atoms with van der Waals surface area (Å²) in [6.45, 7) is 2.65. The Morgan fingerprint density at radius 2 is 1.77 bits per heavy atom. The van der Waals surface area contributed by atoms with Crippen LogP contribution in [-0.4, -0.2) is 19.6 Å². The second-order valence-electron chi connectivity index (χ2n) is 4.86. The van der Waals surface area contributed by atoms with Crippen LogP contribution < -0.4 is 10.1 Å². The highest BCUT2D eigenvalue weighted by Crippen LogP contribution is 2.26. The van der Waals surface area contributed by atoms with Gasteiger partial charge in [-0.25, -0.2) is 0 Å². The third-order valence-electron chi connectivity index (χ3n) is 3.18. The van der Waals surface area contributed by atoms with Crippen LogP contribution in [0.3, 0.4) is 0 Å². The molecule has 4 nitrogen and oxygen atoms in total. The molecule has 0 fully saturated rings. The minimum atomic E-state index is -0.652. The molecule has 0 saturated carbocycles. The molecule has 0 radical (unpaired) electrons. The van der Waals surface area contributed by atoms with Crippen molar-refractivity contribution in [3.8, 4) is 5.75 Å². The number of hydrogen-bond acceptors (Lipinski definition) is 3. The zero-order chi connectivity index (χ0) is 15.8. The molecule has 0 heterocycles. The molecule has 2 aromatic rings. The lowest BCUT2D eigenvalue weighted by atomic mass is 10.1. The summed E-state index contributed by atoms with van der Waals surface area (Å²) in [6.07, 6.45) is 0.257. The van der Waals surface area contributed by atoms with Gasteiger partial charge in [0, 0.05) is 7.11 Å². The SMILES string of the molecule is CCCOc1ccccc1NC(=O)[C@H](OC)c1ccccc1. The van der Waals surface area contributed by atoms with Crippen LogP contribution in [0.1, 0.15) is 25.0 Å². The maximum atomic E-state index is 12.5. The van der Waals surface area contributed by atoms with Crippen molar-refractivity contribution in [3.63, 3.8) is 0 Å². The largest absolute Gasteiger partial charge is 0.491 e. The van der Waals surface area contributed by atoms with Crippen molar-refractivity contribution in [2.75, 3.05) is 19.0 Å². The second kappa shape index (κ2) is 8.20. The Kier molecular flexibility index (Phi) is 5.98. The number of rotatable bonds is 7. The summed E-state index contributed by atoms with van der Waals surface area (Å²) in [7, 11) is 1.52. The number of anilines is 1. The van der Waals surface area contributed by atoms with Crippen LogP contribution in [0.15, 0.2) is 54.6 Å². The van der Waals surface area contributed by atoms with Gasteiger partial charge in [0.15, 0.2) is 6.10 Å². The smallest absolute Gasteiger partial charge is 0.258 e. The quantitative estimate of drug-likeness (QED) is 0.846. The van der Waals surface area contributed by atoms with Gasteiger partial charge in [-0.2, -0.15) is 0 Å². The standard InChI is InChI=1S/C18H21NO3/c1-3-13-22-16-12-8-7-11-15(16)19-18(20)17(21-2)14-9-5-4-6-10-14/h4-12,17H,3,13H2,1-2H3,(H,19,20)/t17-/m1/s1. The van der Waals surface area contributed by atoms with Crippen LogP contribution >= 0.6 is 0 Å². The number of ether oxygens (including phenoxy) is 2. The molecule has 116 valence electrons. The van der Waals surface area contributed by atoms with Gasteiger partial charge in [0.25, 0.3) is 5.91 Å². The molecule has 22 heavy (non-hydrogen) atoms. The van der Waals surface area contributed by atoms with E-state index in [4.69, 9.17) is 9.47 Å². The van der Waals surface area contributed by atoms with Gasteiger partial charge < -0.3 is 14.8 Å². The van der Waals surface area contributed by atoms with E-state index in [0.29, 0.717) is 18.0 Å². The van der Waals surface area contributed by atoms with Gasteiger partial charge in [-0.05, 0) is 24.1 Å². The molecule has 0 aliphatic carbocycles. The highest BCUT2D eigenvalue weighted by Gasteiger charge is 2.20. The first kappa shape index (κ1) is 16.0. The fourth-order valence-corrected chi connectivity index (χ4v) is 2.13. The van der Waals surface area contributed by atoms with Crippen LogP contribution in [0.4, 0.5) is 5.69 Å². The van der Waals surface area contributed by atoms with E-state index in [1.165, 1.54) is 7.11 Å². The molecule has 0 aliphatic heterocycles. The summed E-state index contributed by atoms with van der Waals surface area (Å²) in [4.78, 5) is 12.5. The highest BCUT2D eigenvalue weighted by atomic mass is 16.5. The van der Waals surface area contributed by atoms with Crippen LogP contribution in [0.2, 0.25) is 0 Å². The Balaban J connectivity index is 2.14. The fraction of sp³-hybridized carbons (Fsp3) is 0.278. The van der Waals surface area contributed by atoms with E-state index in [9.17, 15) is 4.79 Å². The van der Waals surface area contributed by atoms with Crippen LogP contribution in [0, 0.1) is 0 Å². The van der Waals surface area contributed by atoms with Gasteiger partial charge in [0.05, 0.1) is 12.3 Å². The Hall–Kier alpha value is -2.33. The molecule has 0 spiro atoms. The normalized spacial score (nSPS) is 11.7. The Labute approximate surface area is 131 Å². The third-order valence-corrected chi connectivity index (χ3v) is 3.18. The van der Waals surface area contributed by atoms with E-state index in [1.807, 2.05) is 61.5 Å². The number of benzene rings is 2. The number of carbonyl (C=O) groups excluding carboxylic acids is 1. The average molecular weight is 299 g/mol. The number of amides is 1. The fourth-order valence-electron chi connectivity index (χ4n) is 2.13. The lowest BCUT2D eigenvalue weighted by Crippen LogP contribution is -2.22. The highest BCUT2D eigenvalue weighted by molar-refractivity contribution is 5.96. The number of para-hydroxylation sites is 2. The lowest BCUT2D eigenvalue weighted by Gasteiger charge is -2.17. The van der Waals surface area contributed by atoms with Crippen molar-refractivity contribution in [1.29, 1.82) is 0 Å². The molecule has 0 unspecified atom stereocenters. The molecule has 2 aromatic carbocycles. The van der Waals surface area contributed by atoms with Crippen molar-refractivity contribution in [3.05, 3.63) is 60.2 Å². The monoisotopic (exact) mass is 299 g/mol. The summed E-state index contributed by atoms with van der Waals surface area (Å²) < 4.78 is 11.0. The zero-order valence-electron chi connectivity index (χ0n) is 12.9. The molecule has 0 saturated heterocycles. The number of hydrogen-bond donors (Lipinski definition) is 1. The molecule has 4 heteroatoms. The summed E-state index contributed by atoms with van der Waals surface area (Å²) in [5.74, 6) is 0.446. The second-order valence-corrected chi connectivity index (χ2v) is 4.86.